The Morgan fingerprint density at radius 3 is 1.62 bits per heavy atom. The lowest BCUT2D eigenvalue weighted by molar-refractivity contribution is 0.669. The Labute approximate surface area is 311 Å². The Kier molecular flexibility index (Phi) is 2.31. The van der Waals surface area contributed by atoms with Gasteiger partial charge in [-0.2, -0.15) is 0 Å². The molecule has 9 aromatic carbocycles. The summed E-state index contributed by atoms with van der Waals surface area (Å²) >= 11 is 0. The fraction of sp³-hybridized carbons (Fsp3) is 0. The van der Waals surface area contributed by atoms with Gasteiger partial charge in [0.2, 0.25) is 0 Å². The second-order valence-electron chi connectivity index (χ2n) is 10.3. The predicted molar refractivity (Wildman–Crippen MR) is 200 cm³/mol. The zero-order valence-electron chi connectivity index (χ0n) is 51.4. The van der Waals surface area contributed by atoms with Gasteiger partial charge in [-0.25, -0.2) is 0 Å². The van der Waals surface area contributed by atoms with Crippen LogP contribution in [0, 0.1) is 0 Å². The minimum absolute atomic E-state index is 0.476. The summed E-state index contributed by atoms with van der Waals surface area (Å²) in [6, 6.07) is -26.1. The molecule has 0 bridgehead atoms. The van der Waals surface area contributed by atoms with E-state index in [-0.39, 0.29) is 0 Å². The van der Waals surface area contributed by atoms with E-state index < -0.39 is 268 Å². The van der Waals surface area contributed by atoms with Crippen molar-refractivity contribution >= 4 is 65.0 Å². The fourth-order valence-corrected chi connectivity index (χ4v) is 5.82. The van der Waals surface area contributed by atoms with E-state index in [4.69, 9.17) is 27.7 Å². The van der Waals surface area contributed by atoms with Gasteiger partial charge in [-0.3, -0.25) is 0 Å². The van der Waals surface area contributed by atoms with Gasteiger partial charge in [-0.15, -0.1) is 0 Å². The molecule has 10 aromatic rings. The molecule has 0 aliphatic rings. The lowest BCUT2D eigenvalue weighted by atomic mass is 9.84. The number of benzene rings is 9. The Balaban J connectivity index is 1.51. The first-order chi connectivity index (χ1) is 35.0. The van der Waals surface area contributed by atoms with Gasteiger partial charge in [0.05, 0.1) is 38.4 Å². The molecule has 0 saturated heterocycles. The Morgan fingerprint density at radius 1 is 0.340 bits per heavy atom. The van der Waals surface area contributed by atoms with Crippen LogP contribution >= 0.6 is 0 Å². The van der Waals surface area contributed by atoms with Gasteiger partial charge in [0.15, 0.2) is 0 Å². The van der Waals surface area contributed by atoms with Crippen molar-refractivity contribution in [1.82, 2.24) is 0 Å². The van der Waals surface area contributed by atoms with E-state index >= 15 is 0 Å². The summed E-state index contributed by atoms with van der Waals surface area (Å²) < 4.78 is 259. The Bertz CT molecular complexity index is 4350. The van der Waals surface area contributed by atoms with E-state index in [0.717, 1.165) is 0 Å². The van der Waals surface area contributed by atoms with Crippen molar-refractivity contribution in [3.05, 3.63) is 169 Å². The van der Waals surface area contributed by atoms with E-state index in [9.17, 15) is 15.1 Å². The van der Waals surface area contributed by atoms with Gasteiger partial charge in [-0.05, 0) is 101 Å². The summed E-state index contributed by atoms with van der Waals surface area (Å²) in [7, 11) is 0. The van der Waals surface area contributed by atoms with Crippen molar-refractivity contribution in [2.75, 3.05) is 0 Å². The summed E-state index contributed by atoms with van der Waals surface area (Å²) in [4.78, 5) is 0. The predicted octanol–water partition coefficient (Wildman–Crippen LogP) is 13.2. The van der Waals surface area contributed by atoms with Crippen LogP contribution in [0.15, 0.2) is 174 Å². The second kappa shape index (κ2) is 10.2. The Hall–Kier alpha value is -6.18. The maximum atomic E-state index is 10.0. The normalized spacial score (nSPS) is 20.2. The van der Waals surface area contributed by atoms with Crippen LogP contribution in [0.25, 0.3) is 98.4 Å². The first kappa shape index (κ1) is 10.7. The van der Waals surface area contributed by atoms with E-state index in [1.165, 1.54) is 0 Å². The third-order valence-electron chi connectivity index (χ3n) is 7.76. The first-order valence-corrected chi connectivity index (χ1v) is 13.9. The number of furan rings is 1. The lowest BCUT2D eigenvalue weighted by Gasteiger charge is -2.19. The number of rotatable bonds is 3. The van der Waals surface area contributed by atoms with Crippen molar-refractivity contribution < 1.29 is 42.8 Å². The number of fused-ring (bicyclic) bond motifs is 7. The fourth-order valence-electron chi connectivity index (χ4n) is 5.82. The Morgan fingerprint density at radius 2 is 0.872 bits per heavy atom. The zero-order chi connectivity index (χ0) is 55.3. The third kappa shape index (κ3) is 3.97. The van der Waals surface area contributed by atoms with Crippen LogP contribution in [0.2, 0.25) is 0 Å². The molecule has 0 aliphatic heterocycles. The molecule has 0 aliphatic carbocycles. The zero-order valence-corrected chi connectivity index (χ0v) is 23.4. The van der Waals surface area contributed by atoms with Gasteiger partial charge in [0.1, 0.15) is 11.2 Å². The van der Waals surface area contributed by atoms with Crippen molar-refractivity contribution in [3.63, 3.8) is 0 Å². The molecular weight excluding hydrogens is 569 g/mol. The molecule has 1 aromatic heterocycles. The van der Waals surface area contributed by atoms with E-state index in [2.05, 4.69) is 0 Å². The minimum Gasteiger partial charge on any atom is -0.456 e. The molecule has 1 heterocycles. The smallest absolute Gasteiger partial charge is 0.136 e. The molecule has 0 spiro atoms. The van der Waals surface area contributed by atoms with Crippen LogP contribution in [0.1, 0.15) is 38.4 Å². The molecule has 10 rings (SSSR count). The number of hydrogen-bond donors (Lipinski definition) is 0. The maximum absolute atomic E-state index is 10.0. The quantitative estimate of drug-likeness (QED) is 0.178. The SMILES string of the molecule is [2H]c1c([2H])c(-c2c3c([2H])c([2H])c([2H])c([2H])c3c(-c3c([2H])c([2H])c([2H])c4c([2H])c([2H])c([2H])c([2H])c34)c3c([2H])c([2H])c([2H])c([2H])c23)c([2H])c(-c2c([2H])c([2H])c([2H])c3oc4c([2H])c5c([2H])c([2H])c([2H])c([2H])c5c([2H])c4c23)c1[2H]. The molecule has 0 amide bonds. The molecular formula is C46H28O. The van der Waals surface area contributed by atoms with Gasteiger partial charge in [-0.1, -0.05) is 145 Å². The van der Waals surface area contributed by atoms with Crippen molar-refractivity contribution in [2.45, 2.75) is 0 Å². The lowest BCUT2D eigenvalue weighted by Crippen LogP contribution is -1.92. The average molecular weight is 625 g/mol. The summed E-state index contributed by atoms with van der Waals surface area (Å²) in [6.45, 7) is 0. The molecule has 0 radical (unpaired) electrons. The van der Waals surface area contributed by atoms with Crippen LogP contribution < -0.4 is 0 Å². The molecule has 0 unspecified atom stereocenters. The van der Waals surface area contributed by atoms with Gasteiger partial charge in [0, 0.05) is 10.8 Å². The van der Waals surface area contributed by atoms with Crippen molar-refractivity contribution in [1.29, 1.82) is 0 Å². The highest BCUT2D eigenvalue weighted by atomic mass is 16.3. The van der Waals surface area contributed by atoms with Crippen LogP contribution in [-0.4, -0.2) is 0 Å². The van der Waals surface area contributed by atoms with Crippen LogP contribution in [0.3, 0.4) is 0 Å². The molecule has 218 valence electrons. The van der Waals surface area contributed by atoms with Crippen LogP contribution in [-0.2, 0) is 0 Å². The van der Waals surface area contributed by atoms with Crippen molar-refractivity contribution in [3.8, 4) is 33.4 Å². The summed E-state index contributed by atoms with van der Waals surface area (Å²) in [5.41, 5.74) is -5.98. The molecule has 0 atom stereocenters. The minimum atomic E-state index is -1.10. The van der Waals surface area contributed by atoms with Crippen molar-refractivity contribution in [2.24, 2.45) is 0 Å². The number of hydrogen-bond acceptors (Lipinski definition) is 1. The first-order valence-electron chi connectivity index (χ1n) is 27.9. The van der Waals surface area contributed by atoms with E-state index in [1.807, 2.05) is 0 Å². The van der Waals surface area contributed by atoms with Gasteiger partial charge in [0.25, 0.3) is 0 Å². The molecule has 1 nitrogen and oxygen atoms in total. The highest BCUT2D eigenvalue weighted by Gasteiger charge is 2.19. The van der Waals surface area contributed by atoms with Crippen LogP contribution in [0.5, 0.6) is 0 Å². The maximum Gasteiger partial charge on any atom is 0.136 e. The second-order valence-corrected chi connectivity index (χ2v) is 10.3. The highest BCUT2D eigenvalue weighted by molar-refractivity contribution is 6.24. The van der Waals surface area contributed by atoms with E-state index in [0.29, 0.717) is 0 Å². The topological polar surface area (TPSA) is 13.1 Å². The average Bonchev–Trinajstić information content (AvgIpc) is 3.84. The highest BCUT2D eigenvalue weighted by Crippen LogP contribution is 2.46. The van der Waals surface area contributed by atoms with Crippen LogP contribution in [0.4, 0.5) is 0 Å². The van der Waals surface area contributed by atoms with Gasteiger partial charge >= 0.3 is 0 Å². The molecule has 0 fully saturated rings. The molecule has 0 N–H and O–H groups in total. The molecule has 0 saturated carbocycles. The monoisotopic (exact) mass is 624 g/mol. The summed E-state index contributed by atoms with van der Waals surface area (Å²) in [6.07, 6.45) is 0. The van der Waals surface area contributed by atoms with Gasteiger partial charge < -0.3 is 4.42 Å². The third-order valence-corrected chi connectivity index (χ3v) is 7.76. The summed E-state index contributed by atoms with van der Waals surface area (Å²) in [5.74, 6) is 0. The summed E-state index contributed by atoms with van der Waals surface area (Å²) in [5, 5.41) is -6.41. The molecule has 47 heavy (non-hydrogen) atoms. The molecule has 1 heteroatoms. The largest absolute Gasteiger partial charge is 0.456 e. The van der Waals surface area contributed by atoms with E-state index in [1.54, 1.807) is 0 Å². The standard InChI is InChI=1S/C46H28O/c1-2-14-31-28-43-41(27-30(31)13-1)46-35(23-11-25-42(46)47-43)32-16-9-17-33(26-32)44-37-19-5-7-21-39(37)45(40-22-8-6-20-38(40)44)36-24-10-15-29-12-3-4-18-34(29)36/h1-28H/i1D,2D,3D,4D,5D,6D,7D,8D,9D,10D,11D,12D,13D,14D,15D,16D,17D,18D,19D,20D,21D,22D,23D,24D,25D,26D,27D,28D.